The van der Waals surface area contributed by atoms with Gasteiger partial charge >= 0.3 is 0 Å². The fraction of sp³-hybridized carbons (Fsp3) is 0.786. The molecule has 0 amide bonds. The van der Waals surface area contributed by atoms with E-state index in [-0.39, 0.29) is 0 Å². The van der Waals surface area contributed by atoms with E-state index in [2.05, 4.69) is 55.1 Å². The normalized spacial score (nSPS) is 25.1. The second kappa shape index (κ2) is 7.07. The molecule has 5 heteroatoms. The Balaban J connectivity index is 1.88. The number of thioether (sulfide) groups is 1. The molecule has 0 spiro atoms. The predicted octanol–water partition coefficient (Wildman–Crippen LogP) is 2.97. The fourth-order valence-corrected chi connectivity index (χ4v) is 4.12. The van der Waals surface area contributed by atoms with E-state index in [4.69, 9.17) is 4.98 Å². The third kappa shape index (κ3) is 4.45. The van der Waals surface area contributed by atoms with E-state index in [9.17, 15) is 0 Å². The number of nitrogens with one attached hydrogen (secondary N) is 1. The lowest BCUT2D eigenvalue weighted by atomic mass is 10.2. The van der Waals surface area contributed by atoms with Crippen molar-refractivity contribution < 1.29 is 0 Å². The molecule has 108 valence electrons. The van der Waals surface area contributed by atoms with Crippen LogP contribution >= 0.6 is 23.1 Å². The van der Waals surface area contributed by atoms with Gasteiger partial charge in [-0.1, -0.05) is 20.8 Å². The molecule has 3 nitrogen and oxygen atoms in total. The molecule has 0 aliphatic carbocycles. The van der Waals surface area contributed by atoms with Crippen LogP contribution in [0.25, 0.3) is 0 Å². The van der Waals surface area contributed by atoms with Gasteiger partial charge in [0, 0.05) is 48.1 Å². The highest BCUT2D eigenvalue weighted by molar-refractivity contribution is 8.00. The third-order valence-electron chi connectivity index (χ3n) is 3.64. The first-order chi connectivity index (χ1) is 9.06. The first-order valence-electron chi connectivity index (χ1n) is 7.08. The molecule has 2 heterocycles. The fourth-order valence-electron chi connectivity index (χ4n) is 2.22. The molecule has 19 heavy (non-hydrogen) atoms. The standard InChI is InChI=1S/C14H25N3S2/c1-10(2)15-7-14-16-13(9-19-14)8-17-5-6-18-12(4)11(17)3/h9-12,15H,5-8H2,1-4H3. The van der Waals surface area contributed by atoms with E-state index >= 15 is 0 Å². The molecule has 1 aliphatic heterocycles. The van der Waals surface area contributed by atoms with E-state index in [1.807, 2.05) is 0 Å². The Hall–Kier alpha value is -0.100. The maximum Gasteiger partial charge on any atom is 0.107 e. The van der Waals surface area contributed by atoms with Crippen LogP contribution in [-0.2, 0) is 13.1 Å². The highest BCUT2D eigenvalue weighted by Crippen LogP contribution is 2.25. The average Bonchev–Trinajstić information content (AvgIpc) is 2.80. The van der Waals surface area contributed by atoms with Crippen molar-refractivity contribution in [1.82, 2.24) is 15.2 Å². The quantitative estimate of drug-likeness (QED) is 0.905. The van der Waals surface area contributed by atoms with Crippen LogP contribution in [0.2, 0.25) is 0 Å². The average molecular weight is 300 g/mol. The third-order valence-corrected chi connectivity index (χ3v) is 5.88. The number of nitrogens with zero attached hydrogens (tertiary/aromatic N) is 2. The van der Waals surface area contributed by atoms with Gasteiger partial charge in [0.2, 0.25) is 0 Å². The van der Waals surface area contributed by atoms with Crippen LogP contribution in [0.15, 0.2) is 5.38 Å². The van der Waals surface area contributed by atoms with Gasteiger partial charge in [-0.25, -0.2) is 4.98 Å². The molecule has 0 bridgehead atoms. The summed E-state index contributed by atoms with van der Waals surface area (Å²) in [5.74, 6) is 1.25. The van der Waals surface area contributed by atoms with Gasteiger partial charge in [0.15, 0.2) is 0 Å². The van der Waals surface area contributed by atoms with Gasteiger partial charge in [0.05, 0.1) is 5.69 Å². The molecule has 2 unspecified atom stereocenters. The summed E-state index contributed by atoms with van der Waals surface area (Å²) in [6, 6.07) is 1.17. The first-order valence-corrected chi connectivity index (χ1v) is 9.01. The second-order valence-corrected chi connectivity index (χ2v) is 7.98. The Labute approximate surface area is 125 Å². The van der Waals surface area contributed by atoms with E-state index in [1.54, 1.807) is 11.3 Å². The van der Waals surface area contributed by atoms with E-state index in [0.29, 0.717) is 12.1 Å². The highest BCUT2D eigenvalue weighted by atomic mass is 32.2. The maximum absolute atomic E-state index is 4.74. The minimum atomic E-state index is 0.521. The Morgan fingerprint density at radius 1 is 1.47 bits per heavy atom. The molecule has 1 saturated heterocycles. The van der Waals surface area contributed by atoms with Crippen molar-refractivity contribution in [3.8, 4) is 0 Å². The Morgan fingerprint density at radius 2 is 2.26 bits per heavy atom. The Morgan fingerprint density at radius 3 is 3.00 bits per heavy atom. The maximum atomic E-state index is 4.74. The van der Waals surface area contributed by atoms with Crippen molar-refractivity contribution in [3.05, 3.63) is 16.1 Å². The van der Waals surface area contributed by atoms with Gasteiger partial charge in [-0.2, -0.15) is 11.8 Å². The number of thiazole rings is 1. The van der Waals surface area contributed by atoms with Crippen molar-refractivity contribution >= 4 is 23.1 Å². The van der Waals surface area contributed by atoms with Crippen molar-refractivity contribution in [3.63, 3.8) is 0 Å². The SMILES string of the molecule is CC(C)NCc1nc(CN2CCSC(C)C2C)cs1. The van der Waals surface area contributed by atoms with E-state index < -0.39 is 0 Å². The molecule has 0 saturated carbocycles. The van der Waals surface area contributed by atoms with Crippen LogP contribution in [0.5, 0.6) is 0 Å². The van der Waals surface area contributed by atoms with Crippen LogP contribution in [0.4, 0.5) is 0 Å². The molecule has 0 aromatic carbocycles. The second-order valence-electron chi connectivity index (χ2n) is 5.56. The summed E-state index contributed by atoms with van der Waals surface area (Å²) in [6.45, 7) is 12.1. The minimum Gasteiger partial charge on any atom is -0.308 e. The summed E-state index contributed by atoms with van der Waals surface area (Å²) in [5, 5.41) is 7.58. The zero-order chi connectivity index (χ0) is 13.8. The number of hydrogen-bond donors (Lipinski definition) is 1. The monoisotopic (exact) mass is 299 g/mol. The van der Waals surface area contributed by atoms with Crippen LogP contribution in [0.1, 0.15) is 38.4 Å². The van der Waals surface area contributed by atoms with Crippen molar-refractivity contribution in [2.75, 3.05) is 12.3 Å². The molecule has 1 aliphatic rings. The lowest BCUT2D eigenvalue weighted by Gasteiger charge is -2.37. The van der Waals surface area contributed by atoms with Crippen LogP contribution < -0.4 is 5.32 Å². The zero-order valence-electron chi connectivity index (χ0n) is 12.3. The van der Waals surface area contributed by atoms with Gasteiger partial charge in [-0.05, 0) is 6.92 Å². The van der Waals surface area contributed by atoms with Gasteiger partial charge in [0.1, 0.15) is 5.01 Å². The van der Waals surface area contributed by atoms with Gasteiger partial charge in [0.25, 0.3) is 0 Å². The molecule has 2 atom stereocenters. The van der Waals surface area contributed by atoms with Crippen molar-refractivity contribution in [2.24, 2.45) is 0 Å². The van der Waals surface area contributed by atoms with Crippen LogP contribution in [0, 0.1) is 0 Å². The molecule has 1 N–H and O–H groups in total. The van der Waals surface area contributed by atoms with E-state index in [0.717, 1.165) is 18.3 Å². The van der Waals surface area contributed by atoms with Crippen molar-refractivity contribution in [2.45, 2.75) is 58.1 Å². The van der Waals surface area contributed by atoms with Gasteiger partial charge < -0.3 is 5.32 Å². The lowest BCUT2D eigenvalue weighted by molar-refractivity contribution is 0.202. The summed E-state index contributed by atoms with van der Waals surface area (Å²) in [4.78, 5) is 7.31. The predicted molar refractivity (Wildman–Crippen MR) is 85.9 cm³/mol. The smallest absolute Gasteiger partial charge is 0.107 e. The summed E-state index contributed by atoms with van der Waals surface area (Å²) in [6.07, 6.45) is 0. The molecular formula is C14H25N3S2. The number of aromatic nitrogens is 1. The molecular weight excluding hydrogens is 274 g/mol. The number of hydrogen-bond acceptors (Lipinski definition) is 5. The number of rotatable bonds is 5. The molecule has 2 rings (SSSR count). The molecule has 1 aromatic rings. The summed E-state index contributed by atoms with van der Waals surface area (Å²) < 4.78 is 0. The lowest BCUT2D eigenvalue weighted by Crippen LogP contribution is -2.44. The highest BCUT2D eigenvalue weighted by Gasteiger charge is 2.25. The van der Waals surface area contributed by atoms with Gasteiger partial charge in [-0.15, -0.1) is 11.3 Å². The van der Waals surface area contributed by atoms with Crippen molar-refractivity contribution in [1.29, 1.82) is 0 Å². The Kier molecular flexibility index (Phi) is 5.69. The summed E-state index contributed by atoms with van der Waals surface area (Å²) >= 11 is 3.86. The molecule has 0 radical (unpaired) electrons. The zero-order valence-corrected chi connectivity index (χ0v) is 14.0. The Bertz CT molecular complexity index is 392. The molecule has 1 fully saturated rings. The summed E-state index contributed by atoms with van der Waals surface area (Å²) in [7, 11) is 0. The van der Waals surface area contributed by atoms with Crippen LogP contribution in [0.3, 0.4) is 0 Å². The topological polar surface area (TPSA) is 28.2 Å². The first kappa shape index (κ1) is 15.3. The van der Waals surface area contributed by atoms with Gasteiger partial charge in [-0.3, -0.25) is 4.90 Å². The summed E-state index contributed by atoms with van der Waals surface area (Å²) in [5.41, 5.74) is 1.23. The minimum absolute atomic E-state index is 0.521. The van der Waals surface area contributed by atoms with Crippen LogP contribution in [-0.4, -0.2) is 39.5 Å². The largest absolute Gasteiger partial charge is 0.308 e. The molecule has 1 aromatic heterocycles. The van der Waals surface area contributed by atoms with E-state index in [1.165, 1.54) is 23.0 Å².